The lowest BCUT2D eigenvalue weighted by molar-refractivity contribution is 0.412. The standard InChI is InChI=1S/C14H13BrO/c1-10-13(4-3-5-14(10)16-2)11-6-8-12(15)9-7-11/h3-9H,1-2H3. The smallest absolute Gasteiger partial charge is 0.122 e. The highest BCUT2D eigenvalue weighted by molar-refractivity contribution is 9.10. The molecule has 0 bridgehead atoms. The summed E-state index contributed by atoms with van der Waals surface area (Å²) in [4.78, 5) is 0. The molecule has 0 amide bonds. The molecule has 2 aromatic rings. The molecule has 0 saturated carbocycles. The molecule has 0 aliphatic rings. The Morgan fingerprint density at radius 3 is 2.31 bits per heavy atom. The largest absolute Gasteiger partial charge is 0.496 e. The molecule has 2 rings (SSSR count). The lowest BCUT2D eigenvalue weighted by Gasteiger charge is -2.10. The van der Waals surface area contributed by atoms with Gasteiger partial charge in [0.15, 0.2) is 0 Å². The zero-order valence-corrected chi connectivity index (χ0v) is 10.9. The number of hydrogen-bond acceptors (Lipinski definition) is 1. The van der Waals surface area contributed by atoms with Gasteiger partial charge in [-0.1, -0.05) is 40.2 Å². The average molecular weight is 277 g/mol. The predicted molar refractivity (Wildman–Crippen MR) is 70.9 cm³/mol. The van der Waals surface area contributed by atoms with Gasteiger partial charge in [0, 0.05) is 4.47 Å². The Labute approximate surface area is 104 Å². The van der Waals surface area contributed by atoms with Crippen LogP contribution in [0.15, 0.2) is 46.9 Å². The van der Waals surface area contributed by atoms with Crippen molar-refractivity contribution in [3.63, 3.8) is 0 Å². The van der Waals surface area contributed by atoms with Crippen LogP contribution in [0.2, 0.25) is 0 Å². The van der Waals surface area contributed by atoms with Crippen LogP contribution in [0.1, 0.15) is 5.56 Å². The molecule has 0 N–H and O–H groups in total. The van der Waals surface area contributed by atoms with E-state index in [1.807, 2.05) is 24.3 Å². The number of benzene rings is 2. The van der Waals surface area contributed by atoms with E-state index in [-0.39, 0.29) is 0 Å². The van der Waals surface area contributed by atoms with Crippen molar-refractivity contribution in [3.8, 4) is 16.9 Å². The van der Waals surface area contributed by atoms with Gasteiger partial charge >= 0.3 is 0 Å². The summed E-state index contributed by atoms with van der Waals surface area (Å²) in [5.74, 6) is 0.931. The molecule has 16 heavy (non-hydrogen) atoms. The van der Waals surface area contributed by atoms with E-state index < -0.39 is 0 Å². The van der Waals surface area contributed by atoms with Gasteiger partial charge in [0.25, 0.3) is 0 Å². The predicted octanol–water partition coefficient (Wildman–Crippen LogP) is 4.43. The summed E-state index contributed by atoms with van der Waals surface area (Å²) in [6.07, 6.45) is 0. The fourth-order valence-corrected chi connectivity index (χ4v) is 2.04. The van der Waals surface area contributed by atoms with Crippen LogP contribution in [0.25, 0.3) is 11.1 Å². The number of rotatable bonds is 2. The summed E-state index contributed by atoms with van der Waals surface area (Å²) in [6.45, 7) is 2.08. The summed E-state index contributed by atoms with van der Waals surface area (Å²) in [6, 6.07) is 14.4. The van der Waals surface area contributed by atoms with Gasteiger partial charge in [-0.3, -0.25) is 0 Å². The molecule has 0 fully saturated rings. The molecule has 0 atom stereocenters. The maximum absolute atomic E-state index is 5.32. The van der Waals surface area contributed by atoms with E-state index in [1.165, 1.54) is 16.7 Å². The first-order valence-electron chi connectivity index (χ1n) is 5.12. The van der Waals surface area contributed by atoms with E-state index in [4.69, 9.17) is 4.74 Å². The van der Waals surface area contributed by atoms with E-state index in [0.29, 0.717) is 0 Å². The summed E-state index contributed by atoms with van der Waals surface area (Å²) in [5, 5.41) is 0. The van der Waals surface area contributed by atoms with Crippen molar-refractivity contribution in [3.05, 3.63) is 52.5 Å². The van der Waals surface area contributed by atoms with Crippen molar-refractivity contribution < 1.29 is 4.74 Å². The van der Waals surface area contributed by atoms with Gasteiger partial charge in [-0.2, -0.15) is 0 Å². The van der Waals surface area contributed by atoms with Gasteiger partial charge < -0.3 is 4.74 Å². The van der Waals surface area contributed by atoms with Crippen LogP contribution in [0.3, 0.4) is 0 Å². The quantitative estimate of drug-likeness (QED) is 0.788. The van der Waals surface area contributed by atoms with E-state index in [2.05, 4.69) is 41.1 Å². The molecular weight excluding hydrogens is 264 g/mol. The van der Waals surface area contributed by atoms with Gasteiger partial charge in [-0.05, 0) is 41.8 Å². The van der Waals surface area contributed by atoms with E-state index in [1.54, 1.807) is 7.11 Å². The number of methoxy groups -OCH3 is 1. The molecule has 0 spiro atoms. The summed E-state index contributed by atoms with van der Waals surface area (Å²) in [7, 11) is 1.70. The highest BCUT2D eigenvalue weighted by Gasteiger charge is 2.05. The van der Waals surface area contributed by atoms with Crippen molar-refractivity contribution in [2.24, 2.45) is 0 Å². The second-order valence-corrected chi connectivity index (χ2v) is 4.56. The maximum Gasteiger partial charge on any atom is 0.122 e. The molecule has 0 saturated heterocycles. The van der Waals surface area contributed by atoms with E-state index >= 15 is 0 Å². The molecular formula is C14H13BrO. The van der Waals surface area contributed by atoms with Crippen LogP contribution in [-0.4, -0.2) is 7.11 Å². The van der Waals surface area contributed by atoms with Crippen molar-refractivity contribution in [1.82, 2.24) is 0 Å². The molecule has 1 nitrogen and oxygen atoms in total. The topological polar surface area (TPSA) is 9.23 Å². The molecule has 0 aliphatic carbocycles. The Kier molecular flexibility index (Phi) is 3.30. The van der Waals surface area contributed by atoms with Crippen LogP contribution in [-0.2, 0) is 0 Å². The fraction of sp³-hybridized carbons (Fsp3) is 0.143. The van der Waals surface area contributed by atoms with Gasteiger partial charge in [0.1, 0.15) is 5.75 Å². The lowest BCUT2D eigenvalue weighted by atomic mass is 10.00. The molecule has 0 radical (unpaired) electrons. The number of ether oxygens (including phenoxy) is 1. The van der Waals surface area contributed by atoms with Crippen molar-refractivity contribution >= 4 is 15.9 Å². The Morgan fingerprint density at radius 2 is 1.69 bits per heavy atom. The summed E-state index contributed by atoms with van der Waals surface area (Å²) >= 11 is 3.44. The van der Waals surface area contributed by atoms with E-state index in [0.717, 1.165) is 10.2 Å². The van der Waals surface area contributed by atoms with Crippen LogP contribution >= 0.6 is 15.9 Å². The first-order chi connectivity index (χ1) is 7.72. The minimum atomic E-state index is 0.931. The zero-order chi connectivity index (χ0) is 11.5. The maximum atomic E-state index is 5.32. The number of hydrogen-bond donors (Lipinski definition) is 0. The third kappa shape index (κ3) is 2.12. The Morgan fingerprint density at radius 1 is 1.00 bits per heavy atom. The third-order valence-corrected chi connectivity index (χ3v) is 3.19. The van der Waals surface area contributed by atoms with Crippen LogP contribution in [0, 0.1) is 6.92 Å². The highest BCUT2D eigenvalue weighted by atomic mass is 79.9. The lowest BCUT2D eigenvalue weighted by Crippen LogP contribution is -1.89. The molecule has 82 valence electrons. The molecule has 2 heteroatoms. The Bertz CT molecular complexity index is 489. The molecule has 0 unspecified atom stereocenters. The van der Waals surface area contributed by atoms with Gasteiger partial charge in [0.05, 0.1) is 7.11 Å². The second kappa shape index (κ2) is 4.71. The van der Waals surface area contributed by atoms with Crippen molar-refractivity contribution in [1.29, 1.82) is 0 Å². The summed E-state index contributed by atoms with van der Waals surface area (Å²) in [5.41, 5.74) is 3.60. The zero-order valence-electron chi connectivity index (χ0n) is 9.33. The summed E-state index contributed by atoms with van der Waals surface area (Å²) < 4.78 is 6.42. The molecule has 0 aromatic heterocycles. The van der Waals surface area contributed by atoms with Crippen LogP contribution in [0.4, 0.5) is 0 Å². The van der Waals surface area contributed by atoms with Crippen LogP contribution in [0.5, 0.6) is 5.75 Å². The Hall–Kier alpha value is -1.28. The van der Waals surface area contributed by atoms with Gasteiger partial charge in [-0.25, -0.2) is 0 Å². The van der Waals surface area contributed by atoms with Gasteiger partial charge in [0.2, 0.25) is 0 Å². The van der Waals surface area contributed by atoms with Crippen LogP contribution < -0.4 is 4.74 Å². The molecule has 2 aromatic carbocycles. The minimum Gasteiger partial charge on any atom is -0.496 e. The Balaban J connectivity index is 2.51. The highest BCUT2D eigenvalue weighted by Crippen LogP contribution is 2.30. The monoisotopic (exact) mass is 276 g/mol. The second-order valence-electron chi connectivity index (χ2n) is 3.64. The third-order valence-electron chi connectivity index (χ3n) is 2.66. The van der Waals surface area contributed by atoms with Gasteiger partial charge in [-0.15, -0.1) is 0 Å². The average Bonchev–Trinajstić information content (AvgIpc) is 2.31. The molecule has 0 aliphatic heterocycles. The first kappa shape index (κ1) is 11.2. The molecule has 0 heterocycles. The SMILES string of the molecule is COc1cccc(-c2ccc(Br)cc2)c1C. The van der Waals surface area contributed by atoms with Crippen molar-refractivity contribution in [2.75, 3.05) is 7.11 Å². The number of halogens is 1. The minimum absolute atomic E-state index is 0.931. The first-order valence-corrected chi connectivity index (χ1v) is 5.91. The van der Waals surface area contributed by atoms with Crippen molar-refractivity contribution in [2.45, 2.75) is 6.92 Å². The van der Waals surface area contributed by atoms with E-state index in [9.17, 15) is 0 Å². The fourth-order valence-electron chi connectivity index (χ4n) is 1.78. The normalized spacial score (nSPS) is 10.2.